The van der Waals surface area contributed by atoms with Crippen molar-refractivity contribution in [3.63, 3.8) is 0 Å². The van der Waals surface area contributed by atoms with Crippen LogP contribution in [0.4, 0.5) is 25.8 Å². The third-order valence-corrected chi connectivity index (χ3v) is 4.95. The summed E-state index contributed by atoms with van der Waals surface area (Å²) in [4.78, 5) is 18.2. The van der Waals surface area contributed by atoms with Crippen LogP contribution in [0.25, 0.3) is 5.57 Å². The normalized spacial score (nSPS) is 13.8. The standard InChI is InChI=1S/C23H20F2N4O/c1-29(12-10-15-5-2-3-11-26-15)21-9-8-16(13-19(21)25)27-14-17-22-18(24)6-4-7-20(22)28-23(17)30/h2-9,11,13-14,27H,10,12H2,1H3,(H,28,30)/b17-14-. The lowest BCUT2D eigenvalue weighted by atomic mass is 10.1. The van der Waals surface area contributed by atoms with Gasteiger partial charge in [0.25, 0.3) is 5.91 Å². The molecule has 0 fully saturated rings. The lowest BCUT2D eigenvalue weighted by Crippen LogP contribution is -2.21. The van der Waals surface area contributed by atoms with E-state index in [0.29, 0.717) is 30.0 Å². The molecule has 0 unspecified atom stereocenters. The van der Waals surface area contributed by atoms with Gasteiger partial charge in [0.15, 0.2) is 0 Å². The van der Waals surface area contributed by atoms with Gasteiger partial charge in [0.1, 0.15) is 11.6 Å². The zero-order chi connectivity index (χ0) is 21.1. The molecule has 0 bridgehead atoms. The zero-order valence-electron chi connectivity index (χ0n) is 16.3. The largest absolute Gasteiger partial charge is 0.372 e. The van der Waals surface area contributed by atoms with E-state index in [-0.39, 0.29) is 11.1 Å². The number of anilines is 3. The minimum Gasteiger partial charge on any atom is -0.372 e. The molecule has 5 nitrogen and oxygen atoms in total. The summed E-state index contributed by atoms with van der Waals surface area (Å²) in [5.74, 6) is -1.30. The molecule has 0 saturated carbocycles. The number of fused-ring (bicyclic) bond motifs is 1. The molecule has 0 aliphatic carbocycles. The van der Waals surface area contributed by atoms with Crippen molar-refractivity contribution in [3.05, 3.63) is 89.9 Å². The van der Waals surface area contributed by atoms with Crippen LogP contribution in [-0.4, -0.2) is 24.5 Å². The van der Waals surface area contributed by atoms with Crippen LogP contribution in [0.15, 0.2) is 67.0 Å². The monoisotopic (exact) mass is 406 g/mol. The molecule has 7 heteroatoms. The molecule has 3 aromatic rings. The number of aromatic nitrogens is 1. The van der Waals surface area contributed by atoms with Crippen molar-refractivity contribution >= 4 is 28.5 Å². The second-order valence-corrected chi connectivity index (χ2v) is 6.98. The first kappa shape index (κ1) is 19.6. The fourth-order valence-electron chi connectivity index (χ4n) is 3.35. The van der Waals surface area contributed by atoms with Crippen LogP contribution >= 0.6 is 0 Å². The Morgan fingerprint density at radius 3 is 2.73 bits per heavy atom. The van der Waals surface area contributed by atoms with Crippen LogP contribution in [0.2, 0.25) is 0 Å². The number of benzene rings is 2. The topological polar surface area (TPSA) is 57.3 Å². The van der Waals surface area contributed by atoms with Gasteiger partial charge in [-0.15, -0.1) is 0 Å². The summed E-state index contributed by atoms with van der Waals surface area (Å²) in [5, 5.41) is 5.51. The number of hydrogen-bond donors (Lipinski definition) is 2. The molecule has 0 spiro atoms. The molecule has 0 saturated heterocycles. The number of rotatable bonds is 6. The van der Waals surface area contributed by atoms with Gasteiger partial charge in [0.2, 0.25) is 0 Å². The third kappa shape index (κ3) is 4.00. The Labute approximate surface area is 173 Å². The number of hydrogen-bond acceptors (Lipinski definition) is 4. The molecular formula is C23H20F2N4O. The van der Waals surface area contributed by atoms with Gasteiger partial charge >= 0.3 is 0 Å². The molecule has 2 heterocycles. The molecule has 1 aromatic heterocycles. The van der Waals surface area contributed by atoms with Crippen LogP contribution in [0, 0.1) is 11.6 Å². The van der Waals surface area contributed by atoms with E-state index < -0.39 is 17.5 Å². The van der Waals surface area contributed by atoms with E-state index in [0.717, 1.165) is 5.69 Å². The first-order valence-electron chi connectivity index (χ1n) is 9.50. The number of carbonyl (C=O) groups is 1. The second kappa shape index (κ2) is 8.32. The summed E-state index contributed by atoms with van der Waals surface area (Å²) in [7, 11) is 1.82. The van der Waals surface area contributed by atoms with Crippen molar-refractivity contribution in [1.29, 1.82) is 0 Å². The van der Waals surface area contributed by atoms with Crippen LogP contribution in [0.1, 0.15) is 11.3 Å². The van der Waals surface area contributed by atoms with E-state index >= 15 is 0 Å². The van der Waals surface area contributed by atoms with E-state index in [4.69, 9.17) is 0 Å². The minimum absolute atomic E-state index is 0.167. The SMILES string of the molecule is CN(CCc1ccccn1)c1ccc(N/C=C2\C(=O)Nc3cccc(F)c32)cc1F. The molecule has 152 valence electrons. The minimum atomic E-state index is -0.491. The fourth-order valence-corrected chi connectivity index (χ4v) is 3.35. The number of nitrogens with one attached hydrogen (secondary N) is 2. The van der Waals surface area contributed by atoms with Gasteiger partial charge in [-0.25, -0.2) is 8.78 Å². The van der Waals surface area contributed by atoms with E-state index in [1.54, 1.807) is 24.4 Å². The van der Waals surface area contributed by atoms with Crippen molar-refractivity contribution < 1.29 is 13.6 Å². The summed E-state index contributed by atoms with van der Waals surface area (Å²) < 4.78 is 28.8. The smallest absolute Gasteiger partial charge is 0.257 e. The van der Waals surface area contributed by atoms with Gasteiger partial charge in [-0.3, -0.25) is 9.78 Å². The first-order valence-corrected chi connectivity index (χ1v) is 9.50. The number of pyridine rings is 1. The van der Waals surface area contributed by atoms with E-state index in [9.17, 15) is 13.6 Å². The number of halogens is 2. The van der Waals surface area contributed by atoms with Crippen molar-refractivity contribution in [3.8, 4) is 0 Å². The maximum Gasteiger partial charge on any atom is 0.257 e. The van der Waals surface area contributed by atoms with E-state index in [2.05, 4.69) is 15.6 Å². The highest BCUT2D eigenvalue weighted by Crippen LogP contribution is 2.33. The maximum absolute atomic E-state index is 14.6. The van der Waals surface area contributed by atoms with Gasteiger partial charge in [-0.05, 0) is 42.5 Å². The number of nitrogens with zero attached hydrogens (tertiary/aromatic N) is 2. The van der Waals surface area contributed by atoms with E-state index in [1.807, 2.05) is 30.1 Å². The average molecular weight is 406 g/mol. The molecule has 0 radical (unpaired) electrons. The van der Waals surface area contributed by atoms with Crippen LogP contribution in [-0.2, 0) is 11.2 Å². The van der Waals surface area contributed by atoms with Gasteiger partial charge in [0.05, 0.1) is 16.9 Å². The Morgan fingerprint density at radius 2 is 1.97 bits per heavy atom. The summed E-state index contributed by atoms with van der Waals surface area (Å²) in [6.45, 7) is 0.612. The lowest BCUT2D eigenvalue weighted by Gasteiger charge is -2.20. The fraction of sp³-hybridized carbons (Fsp3) is 0.130. The summed E-state index contributed by atoms with van der Waals surface area (Å²) in [5.41, 5.74) is 2.65. The average Bonchev–Trinajstić information content (AvgIpc) is 3.07. The molecule has 1 aliphatic heterocycles. The van der Waals surface area contributed by atoms with Crippen LogP contribution in [0.5, 0.6) is 0 Å². The Hall–Kier alpha value is -3.74. The van der Waals surface area contributed by atoms with Crippen molar-refractivity contribution in [2.24, 2.45) is 0 Å². The maximum atomic E-state index is 14.6. The second-order valence-electron chi connectivity index (χ2n) is 6.98. The lowest BCUT2D eigenvalue weighted by molar-refractivity contribution is -0.110. The highest BCUT2D eigenvalue weighted by atomic mass is 19.1. The van der Waals surface area contributed by atoms with E-state index in [1.165, 1.54) is 24.4 Å². The third-order valence-electron chi connectivity index (χ3n) is 4.95. The summed E-state index contributed by atoms with van der Waals surface area (Å²) in [6, 6.07) is 14.9. The van der Waals surface area contributed by atoms with Crippen LogP contribution < -0.4 is 15.5 Å². The number of carbonyl (C=O) groups excluding carboxylic acids is 1. The van der Waals surface area contributed by atoms with Crippen molar-refractivity contribution in [2.45, 2.75) is 6.42 Å². The summed E-state index contributed by atoms with van der Waals surface area (Å²) >= 11 is 0. The Kier molecular flexibility index (Phi) is 5.43. The molecule has 2 aromatic carbocycles. The van der Waals surface area contributed by atoms with Crippen molar-refractivity contribution in [1.82, 2.24) is 4.98 Å². The number of amides is 1. The Balaban J connectivity index is 1.46. The molecule has 1 amide bonds. The molecule has 4 rings (SSSR count). The molecule has 2 N–H and O–H groups in total. The number of likely N-dealkylation sites (N-methyl/N-ethyl adjacent to an activating group) is 1. The van der Waals surface area contributed by atoms with Gasteiger partial charge < -0.3 is 15.5 Å². The first-order chi connectivity index (χ1) is 14.5. The zero-order valence-corrected chi connectivity index (χ0v) is 16.3. The quantitative estimate of drug-likeness (QED) is 0.594. The Bertz CT molecular complexity index is 1120. The molecule has 1 aliphatic rings. The predicted molar refractivity (Wildman–Crippen MR) is 114 cm³/mol. The highest BCUT2D eigenvalue weighted by Gasteiger charge is 2.27. The van der Waals surface area contributed by atoms with Gasteiger partial charge in [-0.1, -0.05) is 12.1 Å². The highest BCUT2D eigenvalue weighted by molar-refractivity contribution is 6.31. The molecular weight excluding hydrogens is 386 g/mol. The van der Waals surface area contributed by atoms with Gasteiger partial charge in [0, 0.05) is 49.4 Å². The predicted octanol–water partition coefficient (Wildman–Crippen LogP) is 4.44. The van der Waals surface area contributed by atoms with Crippen LogP contribution in [0.3, 0.4) is 0 Å². The molecule has 0 atom stereocenters. The van der Waals surface area contributed by atoms with Crippen molar-refractivity contribution in [2.75, 3.05) is 29.1 Å². The summed E-state index contributed by atoms with van der Waals surface area (Å²) in [6.07, 6.45) is 3.83. The Morgan fingerprint density at radius 1 is 1.10 bits per heavy atom. The van der Waals surface area contributed by atoms with Gasteiger partial charge in [-0.2, -0.15) is 0 Å². The molecule has 30 heavy (non-hydrogen) atoms.